The zero-order chi connectivity index (χ0) is 18.0. The zero-order valence-electron chi connectivity index (χ0n) is 15.4. The Morgan fingerprint density at radius 1 is 1.12 bits per heavy atom. The second kappa shape index (κ2) is 5.50. The lowest BCUT2D eigenvalue weighted by Crippen LogP contribution is -2.58. The molecule has 4 rings (SSSR count). The van der Waals surface area contributed by atoms with E-state index in [0.717, 1.165) is 38.5 Å². The van der Waals surface area contributed by atoms with E-state index < -0.39 is 23.4 Å². The number of hydrogen-bond donors (Lipinski definition) is 2. The average molecular weight is 346 g/mol. The topological polar surface area (TPSA) is 74.6 Å². The molecule has 4 nitrogen and oxygen atoms in total. The molecule has 0 aromatic heterocycles. The van der Waals surface area contributed by atoms with Crippen LogP contribution in [-0.4, -0.2) is 34.0 Å². The van der Waals surface area contributed by atoms with Gasteiger partial charge in [-0.1, -0.05) is 19.4 Å². The minimum Gasteiger partial charge on any atom is -0.388 e. The largest absolute Gasteiger partial charge is 0.388 e. The first-order valence-electron chi connectivity index (χ1n) is 9.87. The average Bonchev–Trinajstić information content (AvgIpc) is 2.87. The van der Waals surface area contributed by atoms with Crippen LogP contribution in [0.2, 0.25) is 0 Å². The van der Waals surface area contributed by atoms with Crippen LogP contribution in [0.25, 0.3) is 0 Å². The molecule has 3 fully saturated rings. The maximum Gasteiger partial charge on any atom is 0.190 e. The molecule has 138 valence electrons. The molecule has 0 aromatic rings. The minimum absolute atomic E-state index is 0.111. The van der Waals surface area contributed by atoms with Crippen LogP contribution in [0, 0.1) is 28.6 Å². The molecule has 25 heavy (non-hydrogen) atoms. The summed E-state index contributed by atoms with van der Waals surface area (Å²) in [6.45, 7) is 3.84. The molecule has 6 atom stereocenters. The second-order valence-corrected chi connectivity index (χ2v) is 9.41. The highest BCUT2D eigenvalue weighted by atomic mass is 16.3. The van der Waals surface area contributed by atoms with Crippen molar-refractivity contribution in [3.63, 3.8) is 0 Å². The Bertz CT molecular complexity index is 652. The fourth-order valence-corrected chi connectivity index (χ4v) is 7.16. The molecule has 2 N–H and O–H groups in total. The molecule has 0 unspecified atom stereocenters. The summed E-state index contributed by atoms with van der Waals surface area (Å²) in [4.78, 5) is 24.2. The normalized spacial score (nSPS) is 49.0. The van der Waals surface area contributed by atoms with Crippen LogP contribution >= 0.6 is 0 Å². The smallest absolute Gasteiger partial charge is 0.190 e. The zero-order valence-corrected chi connectivity index (χ0v) is 15.4. The molecule has 0 radical (unpaired) electrons. The van der Waals surface area contributed by atoms with Crippen molar-refractivity contribution >= 4 is 11.6 Å². The Morgan fingerprint density at radius 3 is 2.56 bits per heavy atom. The van der Waals surface area contributed by atoms with Gasteiger partial charge in [-0.25, -0.2) is 0 Å². The first-order chi connectivity index (χ1) is 11.8. The van der Waals surface area contributed by atoms with Gasteiger partial charge in [-0.05, 0) is 74.2 Å². The Labute approximate surface area is 149 Å². The number of hydrogen-bond acceptors (Lipinski definition) is 4. The van der Waals surface area contributed by atoms with Crippen molar-refractivity contribution in [1.82, 2.24) is 0 Å². The maximum atomic E-state index is 12.3. The summed E-state index contributed by atoms with van der Waals surface area (Å²) in [6.07, 6.45) is 8.72. The number of fused-ring (bicyclic) bond motifs is 5. The Morgan fingerprint density at radius 2 is 1.84 bits per heavy atom. The molecule has 0 aliphatic heterocycles. The first-order valence-corrected chi connectivity index (χ1v) is 9.87. The van der Waals surface area contributed by atoms with Crippen LogP contribution in [-0.2, 0) is 9.59 Å². The molecule has 3 saturated carbocycles. The number of carbonyl (C=O) groups excluding carboxylic acids is 2. The third-order valence-electron chi connectivity index (χ3n) is 8.72. The molecule has 4 aliphatic rings. The minimum atomic E-state index is -1.36. The van der Waals surface area contributed by atoms with Gasteiger partial charge in [0.05, 0.1) is 0 Å². The molecule has 0 aromatic carbocycles. The van der Waals surface area contributed by atoms with Gasteiger partial charge in [0.1, 0.15) is 12.2 Å². The third kappa shape index (κ3) is 2.13. The van der Waals surface area contributed by atoms with Crippen LogP contribution in [0.5, 0.6) is 0 Å². The van der Waals surface area contributed by atoms with E-state index in [1.54, 1.807) is 0 Å². The lowest BCUT2D eigenvalue weighted by atomic mass is 9.46. The molecule has 0 spiro atoms. The maximum absolute atomic E-state index is 12.3. The molecule has 4 heteroatoms. The van der Waals surface area contributed by atoms with Gasteiger partial charge in [-0.15, -0.1) is 0 Å². The summed E-state index contributed by atoms with van der Waals surface area (Å²) in [5, 5.41) is 20.5. The van der Waals surface area contributed by atoms with Gasteiger partial charge >= 0.3 is 0 Å². The summed E-state index contributed by atoms with van der Waals surface area (Å²) in [5.74, 6) is 1.26. The summed E-state index contributed by atoms with van der Waals surface area (Å²) in [7, 11) is 0. The van der Waals surface area contributed by atoms with Crippen molar-refractivity contribution in [3.8, 4) is 0 Å². The van der Waals surface area contributed by atoms with Gasteiger partial charge in [0.25, 0.3) is 0 Å². The SMILES string of the molecule is C[C@]12CCC(=O)C=C1CC[C@@H]1[C@@H]2CC[C@@]2(C)[C@H]1CC[C@@]2(O)C(=O)CO. The lowest BCUT2D eigenvalue weighted by molar-refractivity contribution is -0.164. The van der Waals surface area contributed by atoms with Crippen molar-refractivity contribution in [1.29, 1.82) is 0 Å². The predicted molar refractivity (Wildman–Crippen MR) is 93.8 cm³/mol. The Balaban J connectivity index is 1.68. The molecule has 0 saturated heterocycles. The number of carbonyl (C=O) groups is 2. The number of rotatable bonds is 2. The van der Waals surface area contributed by atoms with E-state index in [0.29, 0.717) is 30.6 Å². The van der Waals surface area contributed by atoms with E-state index >= 15 is 0 Å². The van der Waals surface area contributed by atoms with Crippen molar-refractivity contribution in [2.45, 2.75) is 70.8 Å². The molecular formula is C21H30O4. The number of ketones is 2. The summed E-state index contributed by atoms with van der Waals surface area (Å²) >= 11 is 0. The number of Topliss-reactive ketones (excluding diaryl/α,β-unsaturated/α-hetero) is 1. The molecule has 0 bridgehead atoms. The number of allylic oxidation sites excluding steroid dienone is 1. The second-order valence-electron chi connectivity index (χ2n) is 9.41. The van der Waals surface area contributed by atoms with Crippen LogP contribution < -0.4 is 0 Å². The monoisotopic (exact) mass is 346 g/mol. The van der Waals surface area contributed by atoms with Crippen molar-refractivity contribution in [2.24, 2.45) is 28.6 Å². The molecule has 4 aliphatic carbocycles. The van der Waals surface area contributed by atoms with Gasteiger partial charge < -0.3 is 10.2 Å². The summed E-state index contributed by atoms with van der Waals surface area (Å²) < 4.78 is 0. The van der Waals surface area contributed by atoms with E-state index in [4.69, 9.17) is 0 Å². The lowest BCUT2D eigenvalue weighted by Gasteiger charge is -2.58. The third-order valence-corrected chi connectivity index (χ3v) is 8.72. The molecule has 0 heterocycles. The van der Waals surface area contributed by atoms with Crippen LogP contribution in [0.1, 0.15) is 65.2 Å². The highest BCUT2D eigenvalue weighted by Crippen LogP contribution is 2.67. The summed E-state index contributed by atoms with van der Waals surface area (Å²) in [5.41, 5.74) is -0.333. The number of aliphatic hydroxyl groups excluding tert-OH is 1. The van der Waals surface area contributed by atoms with Gasteiger partial charge in [0.2, 0.25) is 0 Å². The van der Waals surface area contributed by atoms with E-state index in [9.17, 15) is 19.8 Å². The van der Waals surface area contributed by atoms with E-state index in [1.807, 2.05) is 6.08 Å². The standard InChI is InChI=1S/C21H30O4/c1-19-8-5-14(23)11-13(19)3-4-15-16(19)6-9-20(2)17(15)7-10-21(20,25)18(24)12-22/h11,15-17,22,25H,3-10,12H2,1-2H3/t15-,16+,17+,19+,20+,21-/m1/s1. The van der Waals surface area contributed by atoms with Crippen molar-refractivity contribution in [2.75, 3.05) is 6.61 Å². The van der Waals surface area contributed by atoms with E-state index in [1.165, 1.54) is 5.57 Å². The summed E-state index contributed by atoms with van der Waals surface area (Å²) in [6, 6.07) is 0. The highest BCUT2D eigenvalue weighted by Gasteiger charge is 2.65. The number of aliphatic hydroxyl groups is 2. The highest BCUT2D eigenvalue weighted by molar-refractivity contribution is 5.91. The Kier molecular flexibility index (Phi) is 3.83. The van der Waals surface area contributed by atoms with Crippen LogP contribution in [0.3, 0.4) is 0 Å². The van der Waals surface area contributed by atoms with E-state index in [-0.39, 0.29) is 11.2 Å². The van der Waals surface area contributed by atoms with Gasteiger partial charge in [-0.2, -0.15) is 0 Å². The van der Waals surface area contributed by atoms with Crippen LogP contribution in [0.4, 0.5) is 0 Å². The van der Waals surface area contributed by atoms with Gasteiger partial charge in [-0.3, -0.25) is 9.59 Å². The van der Waals surface area contributed by atoms with Gasteiger partial charge in [0.15, 0.2) is 11.6 Å². The predicted octanol–water partition coefficient (Wildman–Crippen LogP) is 2.81. The van der Waals surface area contributed by atoms with E-state index in [2.05, 4.69) is 13.8 Å². The first kappa shape index (κ1) is 17.4. The Hall–Kier alpha value is -1.00. The fraction of sp³-hybridized carbons (Fsp3) is 0.810. The van der Waals surface area contributed by atoms with Crippen molar-refractivity contribution in [3.05, 3.63) is 11.6 Å². The fourth-order valence-electron chi connectivity index (χ4n) is 7.16. The van der Waals surface area contributed by atoms with Crippen LogP contribution in [0.15, 0.2) is 11.6 Å². The molecule has 0 amide bonds. The molecular weight excluding hydrogens is 316 g/mol. The van der Waals surface area contributed by atoms with Crippen molar-refractivity contribution < 1.29 is 19.8 Å². The van der Waals surface area contributed by atoms with Gasteiger partial charge in [0, 0.05) is 11.8 Å². The quantitative estimate of drug-likeness (QED) is 0.806.